The van der Waals surface area contributed by atoms with E-state index in [1.54, 1.807) is 0 Å². The van der Waals surface area contributed by atoms with E-state index in [0.717, 1.165) is 18.8 Å². The van der Waals surface area contributed by atoms with E-state index >= 15 is 0 Å². The van der Waals surface area contributed by atoms with E-state index in [9.17, 15) is 0 Å². The molecule has 0 atom stereocenters. The molecule has 0 unspecified atom stereocenters. The van der Waals surface area contributed by atoms with Crippen LogP contribution in [0, 0.1) is 6.92 Å². The molecular formula is C16H21N3. The van der Waals surface area contributed by atoms with Gasteiger partial charge in [-0.3, -0.25) is 4.68 Å². The number of aryl methyl sites for hydroxylation is 2. The summed E-state index contributed by atoms with van der Waals surface area (Å²) in [6, 6.07) is 10.8. The number of nitrogens with zero attached hydrogens (tertiary/aromatic N) is 2. The Morgan fingerprint density at radius 1 is 1.21 bits per heavy atom. The maximum atomic E-state index is 4.69. The summed E-state index contributed by atoms with van der Waals surface area (Å²) in [6.07, 6.45) is 2.43. The zero-order valence-corrected chi connectivity index (χ0v) is 11.7. The maximum absolute atomic E-state index is 4.69. The lowest BCUT2D eigenvalue weighted by Crippen LogP contribution is -2.27. The molecule has 0 spiro atoms. The van der Waals surface area contributed by atoms with Crippen molar-refractivity contribution in [2.45, 2.75) is 25.7 Å². The van der Waals surface area contributed by atoms with E-state index in [-0.39, 0.29) is 0 Å². The highest BCUT2D eigenvalue weighted by Gasteiger charge is 2.19. The Morgan fingerprint density at radius 2 is 2.00 bits per heavy atom. The minimum atomic E-state index is 0.650. The lowest BCUT2D eigenvalue weighted by Gasteiger charge is -2.22. The highest BCUT2D eigenvalue weighted by Crippen LogP contribution is 2.28. The van der Waals surface area contributed by atoms with Crippen molar-refractivity contribution in [2.24, 2.45) is 7.05 Å². The Morgan fingerprint density at radius 3 is 2.74 bits per heavy atom. The third kappa shape index (κ3) is 2.56. The van der Waals surface area contributed by atoms with Gasteiger partial charge in [0.1, 0.15) is 0 Å². The van der Waals surface area contributed by atoms with Crippen molar-refractivity contribution in [3.63, 3.8) is 0 Å². The summed E-state index contributed by atoms with van der Waals surface area (Å²) in [5, 5.41) is 8.11. The molecule has 0 bridgehead atoms. The Balaban J connectivity index is 1.92. The SMILES string of the molecule is Cc1cccc(-c2cc(C3CCNCC3)n(C)n2)c1. The summed E-state index contributed by atoms with van der Waals surface area (Å²) in [5.74, 6) is 0.650. The molecule has 1 N–H and O–H groups in total. The first-order valence-corrected chi connectivity index (χ1v) is 7.06. The molecule has 1 aliphatic heterocycles. The number of piperidine rings is 1. The van der Waals surface area contributed by atoms with Crippen molar-refractivity contribution in [3.8, 4) is 11.3 Å². The second-order valence-corrected chi connectivity index (χ2v) is 5.47. The van der Waals surface area contributed by atoms with Gasteiger partial charge in [0.05, 0.1) is 5.69 Å². The predicted octanol–water partition coefficient (Wildman–Crippen LogP) is 2.86. The molecular weight excluding hydrogens is 234 g/mol. The molecule has 1 aliphatic rings. The molecule has 19 heavy (non-hydrogen) atoms. The zero-order chi connectivity index (χ0) is 13.2. The van der Waals surface area contributed by atoms with Crippen LogP contribution in [0.1, 0.15) is 30.0 Å². The molecule has 2 aromatic rings. The first-order valence-electron chi connectivity index (χ1n) is 7.06. The van der Waals surface area contributed by atoms with Gasteiger partial charge in [0.2, 0.25) is 0 Å². The quantitative estimate of drug-likeness (QED) is 0.894. The molecule has 1 saturated heterocycles. The van der Waals surface area contributed by atoms with E-state index < -0.39 is 0 Å². The van der Waals surface area contributed by atoms with Crippen molar-refractivity contribution in [1.29, 1.82) is 0 Å². The van der Waals surface area contributed by atoms with Crippen LogP contribution in [0.5, 0.6) is 0 Å². The smallest absolute Gasteiger partial charge is 0.0926 e. The molecule has 3 heteroatoms. The number of hydrogen-bond acceptors (Lipinski definition) is 2. The van der Waals surface area contributed by atoms with E-state index in [0.29, 0.717) is 5.92 Å². The first kappa shape index (κ1) is 12.4. The molecule has 2 heterocycles. The van der Waals surface area contributed by atoms with Gasteiger partial charge < -0.3 is 5.32 Å². The fraction of sp³-hybridized carbons (Fsp3) is 0.438. The van der Waals surface area contributed by atoms with Crippen LogP contribution in [-0.4, -0.2) is 22.9 Å². The van der Waals surface area contributed by atoms with Crippen molar-refractivity contribution < 1.29 is 0 Å². The summed E-state index contributed by atoms with van der Waals surface area (Å²) in [5.41, 5.74) is 4.97. The van der Waals surface area contributed by atoms with Gasteiger partial charge in [0.25, 0.3) is 0 Å². The van der Waals surface area contributed by atoms with E-state index in [1.165, 1.54) is 29.7 Å². The van der Waals surface area contributed by atoms with E-state index in [2.05, 4.69) is 54.3 Å². The normalized spacial score (nSPS) is 16.7. The van der Waals surface area contributed by atoms with Crippen molar-refractivity contribution >= 4 is 0 Å². The van der Waals surface area contributed by atoms with Crippen molar-refractivity contribution in [2.75, 3.05) is 13.1 Å². The van der Waals surface area contributed by atoms with E-state index in [4.69, 9.17) is 5.10 Å². The first-order chi connectivity index (χ1) is 9.24. The fourth-order valence-electron chi connectivity index (χ4n) is 2.93. The number of aromatic nitrogens is 2. The molecule has 0 saturated carbocycles. The lowest BCUT2D eigenvalue weighted by atomic mass is 9.94. The van der Waals surface area contributed by atoms with Gasteiger partial charge in [-0.25, -0.2) is 0 Å². The van der Waals surface area contributed by atoms with Crippen LogP contribution < -0.4 is 5.32 Å². The third-order valence-corrected chi connectivity index (χ3v) is 3.99. The molecule has 1 aromatic heterocycles. The average molecular weight is 255 g/mol. The van der Waals surface area contributed by atoms with Crippen molar-refractivity contribution in [3.05, 3.63) is 41.6 Å². The Kier molecular flexibility index (Phi) is 3.38. The lowest BCUT2D eigenvalue weighted by molar-refractivity contribution is 0.440. The van der Waals surface area contributed by atoms with Gasteiger partial charge in [0, 0.05) is 24.2 Å². The Bertz CT molecular complexity index is 565. The number of benzene rings is 1. The maximum Gasteiger partial charge on any atom is 0.0926 e. The highest BCUT2D eigenvalue weighted by molar-refractivity contribution is 5.60. The molecule has 0 radical (unpaired) electrons. The standard InChI is InChI=1S/C16H21N3/c1-12-4-3-5-14(10-12)15-11-16(19(2)18-15)13-6-8-17-9-7-13/h3-5,10-11,13,17H,6-9H2,1-2H3. The Labute approximate surface area is 114 Å². The molecule has 0 amide bonds. The van der Waals surface area contributed by atoms with Crippen LogP contribution in [0.2, 0.25) is 0 Å². The summed E-state index contributed by atoms with van der Waals surface area (Å²) in [4.78, 5) is 0. The van der Waals surface area contributed by atoms with Gasteiger partial charge in [0.15, 0.2) is 0 Å². The summed E-state index contributed by atoms with van der Waals surface area (Å²) in [6.45, 7) is 4.37. The molecule has 100 valence electrons. The van der Waals surface area contributed by atoms with E-state index in [1.807, 2.05) is 0 Å². The number of hydrogen-bond donors (Lipinski definition) is 1. The summed E-state index contributed by atoms with van der Waals surface area (Å²) >= 11 is 0. The van der Waals surface area contributed by atoms with Crippen LogP contribution in [0.25, 0.3) is 11.3 Å². The van der Waals surface area contributed by atoms with Gasteiger partial charge in [-0.1, -0.05) is 23.8 Å². The molecule has 0 aliphatic carbocycles. The third-order valence-electron chi connectivity index (χ3n) is 3.99. The topological polar surface area (TPSA) is 29.9 Å². The minimum absolute atomic E-state index is 0.650. The fourth-order valence-corrected chi connectivity index (χ4v) is 2.93. The second kappa shape index (κ2) is 5.17. The predicted molar refractivity (Wildman–Crippen MR) is 78.2 cm³/mol. The molecule has 1 aromatic carbocycles. The van der Waals surface area contributed by atoms with Gasteiger partial charge in [-0.05, 0) is 45.0 Å². The monoisotopic (exact) mass is 255 g/mol. The molecule has 3 nitrogen and oxygen atoms in total. The average Bonchev–Trinajstić information content (AvgIpc) is 2.82. The van der Waals surface area contributed by atoms with Crippen LogP contribution in [0.15, 0.2) is 30.3 Å². The van der Waals surface area contributed by atoms with Crippen LogP contribution in [0.4, 0.5) is 0 Å². The van der Waals surface area contributed by atoms with Crippen molar-refractivity contribution in [1.82, 2.24) is 15.1 Å². The summed E-state index contributed by atoms with van der Waals surface area (Å²) < 4.78 is 2.06. The van der Waals surface area contributed by atoms with Gasteiger partial charge >= 0.3 is 0 Å². The zero-order valence-electron chi connectivity index (χ0n) is 11.7. The van der Waals surface area contributed by atoms with Crippen LogP contribution in [-0.2, 0) is 7.05 Å². The van der Waals surface area contributed by atoms with Crippen LogP contribution in [0.3, 0.4) is 0 Å². The largest absolute Gasteiger partial charge is 0.317 e. The molecule has 1 fully saturated rings. The summed E-state index contributed by atoms with van der Waals surface area (Å²) in [7, 11) is 2.07. The number of rotatable bonds is 2. The van der Waals surface area contributed by atoms with Gasteiger partial charge in [-0.15, -0.1) is 0 Å². The highest BCUT2D eigenvalue weighted by atomic mass is 15.3. The number of nitrogens with one attached hydrogen (secondary N) is 1. The molecule has 3 rings (SSSR count). The Hall–Kier alpha value is -1.61. The van der Waals surface area contributed by atoms with Crippen LogP contribution >= 0.6 is 0 Å². The minimum Gasteiger partial charge on any atom is -0.317 e. The second-order valence-electron chi connectivity index (χ2n) is 5.47. The van der Waals surface area contributed by atoms with Gasteiger partial charge in [-0.2, -0.15) is 5.10 Å².